The summed E-state index contributed by atoms with van der Waals surface area (Å²) in [5.41, 5.74) is 3.10. The van der Waals surface area contributed by atoms with Gasteiger partial charge in [0.25, 0.3) is 5.56 Å². The number of aromatic nitrogens is 1. The lowest BCUT2D eigenvalue weighted by atomic mass is 10.1. The summed E-state index contributed by atoms with van der Waals surface area (Å²) in [5, 5.41) is 0. The average Bonchev–Trinajstić information content (AvgIpc) is 3.44. The smallest absolute Gasteiger partial charge is 0.266 e. The highest BCUT2D eigenvalue weighted by Crippen LogP contribution is 2.18. The molecule has 0 unspecified atom stereocenters. The minimum atomic E-state index is -0.281. The Labute approximate surface area is 183 Å². The number of aromatic amines is 1. The number of benzene rings is 2. The molecular formula is C25H22N2O3S. The molecule has 31 heavy (non-hydrogen) atoms. The lowest BCUT2D eigenvalue weighted by Gasteiger charge is -2.23. The van der Waals surface area contributed by atoms with Crippen LogP contribution in [-0.4, -0.2) is 17.3 Å². The molecule has 2 aromatic carbocycles. The van der Waals surface area contributed by atoms with E-state index in [9.17, 15) is 9.59 Å². The van der Waals surface area contributed by atoms with Crippen molar-refractivity contribution in [2.45, 2.75) is 13.5 Å². The summed E-state index contributed by atoms with van der Waals surface area (Å²) >= 11 is 1.24. The van der Waals surface area contributed by atoms with E-state index in [1.807, 2.05) is 36.4 Å². The summed E-state index contributed by atoms with van der Waals surface area (Å²) in [7, 11) is 0. The SMILES string of the molecule is CCN(Cc1ccccc1)c1ccc(/C=c2\s/c(=C\C(=O)c3ccco3)[nH]c2=O)cc1. The van der Waals surface area contributed by atoms with Crippen molar-refractivity contribution in [3.63, 3.8) is 0 Å². The van der Waals surface area contributed by atoms with Gasteiger partial charge in [-0.15, -0.1) is 11.3 Å². The highest BCUT2D eigenvalue weighted by Gasteiger charge is 2.07. The maximum Gasteiger partial charge on any atom is 0.266 e. The van der Waals surface area contributed by atoms with Gasteiger partial charge in [-0.3, -0.25) is 9.59 Å². The van der Waals surface area contributed by atoms with Crippen LogP contribution < -0.4 is 19.7 Å². The molecule has 2 aromatic heterocycles. The number of hydrogen-bond donors (Lipinski definition) is 1. The van der Waals surface area contributed by atoms with E-state index >= 15 is 0 Å². The summed E-state index contributed by atoms with van der Waals surface area (Å²) in [4.78, 5) is 29.5. The number of anilines is 1. The van der Waals surface area contributed by atoms with Crippen molar-refractivity contribution in [2.24, 2.45) is 0 Å². The molecule has 0 spiro atoms. The van der Waals surface area contributed by atoms with E-state index in [0.29, 0.717) is 9.20 Å². The molecule has 0 fully saturated rings. The summed E-state index contributed by atoms with van der Waals surface area (Å²) in [6, 6.07) is 21.7. The molecule has 0 aliphatic rings. The Hall–Kier alpha value is -3.64. The first-order valence-electron chi connectivity index (χ1n) is 10.0. The lowest BCUT2D eigenvalue weighted by molar-refractivity contribution is 0.103. The molecule has 156 valence electrons. The van der Waals surface area contributed by atoms with E-state index < -0.39 is 0 Å². The predicted molar refractivity (Wildman–Crippen MR) is 125 cm³/mol. The first kappa shape index (κ1) is 20.6. The first-order valence-corrected chi connectivity index (χ1v) is 10.8. The van der Waals surface area contributed by atoms with Gasteiger partial charge < -0.3 is 14.3 Å². The minimum Gasteiger partial charge on any atom is -0.461 e. The first-order chi connectivity index (χ1) is 15.1. The molecule has 1 N–H and O–H groups in total. The fraction of sp³-hybridized carbons (Fsp3) is 0.120. The third kappa shape index (κ3) is 5.10. The second-order valence-corrected chi connectivity index (χ2v) is 8.09. The van der Waals surface area contributed by atoms with E-state index in [4.69, 9.17) is 4.42 Å². The number of Topliss-reactive ketones (excluding diaryl/α,β-unsaturated/α-hetero) is 1. The van der Waals surface area contributed by atoms with Gasteiger partial charge in [0, 0.05) is 24.9 Å². The maximum atomic E-state index is 12.3. The molecule has 4 rings (SSSR count). The number of hydrogen-bond acceptors (Lipinski definition) is 5. The van der Waals surface area contributed by atoms with Crippen molar-refractivity contribution in [1.29, 1.82) is 0 Å². The van der Waals surface area contributed by atoms with Gasteiger partial charge in [0.05, 0.1) is 15.5 Å². The summed E-state index contributed by atoms with van der Waals surface area (Å²) < 4.78 is 6.14. The van der Waals surface area contributed by atoms with Crippen LogP contribution in [0.2, 0.25) is 0 Å². The molecule has 0 atom stereocenters. The van der Waals surface area contributed by atoms with Gasteiger partial charge in [-0.1, -0.05) is 42.5 Å². The summed E-state index contributed by atoms with van der Waals surface area (Å²) in [6.07, 6.45) is 4.66. The molecule has 0 aliphatic heterocycles. The zero-order valence-corrected chi connectivity index (χ0v) is 17.9. The summed E-state index contributed by atoms with van der Waals surface area (Å²) in [5.74, 6) is -0.0391. The number of H-pyrrole nitrogens is 1. The highest BCUT2D eigenvalue weighted by atomic mass is 32.1. The number of carbonyl (C=O) groups is 1. The van der Waals surface area contributed by atoms with Gasteiger partial charge in [-0.2, -0.15) is 0 Å². The number of furan rings is 1. The molecule has 6 heteroatoms. The van der Waals surface area contributed by atoms with Gasteiger partial charge in [-0.05, 0) is 48.4 Å². The van der Waals surface area contributed by atoms with Crippen molar-refractivity contribution in [3.05, 3.63) is 109 Å². The number of carbonyl (C=O) groups excluding carboxylic acids is 1. The Morgan fingerprint density at radius 1 is 1.06 bits per heavy atom. The molecule has 0 radical (unpaired) electrons. The van der Waals surface area contributed by atoms with E-state index in [-0.39, 0.29) is 17.1 Å². The number of nitrogens with one attached hydrogen (secondary N) is 1. The van der Waals surface area contributed by atoms with E-state index in [0.717, 1.165) is 24.3 Å². The van der Waals surface area contributed by atoms with Crippen LogP contribution in [0.5, 0.6) is 0 Å². The van der Waals surface area contributed by atoms with Crippen LogP contribution in [-0.2, 0) is 6.54 Å². The van der Waals surface area contributed by atoms with Crippen LogP contribution in [0, 0.1) is 0 Å². The van der Waals surface area contributed by atoms with Crippen molar-refractivity contribution in [3.8, 4) is 0 Å². The normalized spacial score (nSPS) is 12.3. The van der Waals surface area contributed by atoms with Crippen molar-refractivity contribution in [2.75, 3.05) is 11.4 Å². The summed E-state index contributed by atoms with van der Waals surface area (Å²) in [6.45, 7) is 3.87. The van der Waals surface area contributed by atoms with Crippen LogP contribution in [0.15, 0.2) is 82.2 Å². The topological polar surface area (TPSA) is 66.3 Å². The predicted octanol–water partition coefficient (Wildman–Crippen LogP) is 3.55. The number of thiazole rings is 1. The largest absolute Gasteiger partial charge is 0.461 e. The second-order valence-electron chi connectivity index (χ2n) is 7.01. The molecule has 5 nitrogen and oxygen atoms in total. The van der Waals surface area contributed by atoms with Crippen LogP contribution in [0.3, 0.4) is 0 Å². The molecular weight excluding hydrogens is 408 g/mol. The lowest BCUT2D eigenvalue weighted by Crippen LogP contribution is -2.22. The van der Waals surface area contributed by atoms with Gasteiger partial charge in [0.1, 0.15) is 0 Å². The Bertz CT molecular complexity index is 1320. The Morgan fingerprint density at radius 2 is 1.84 bits per heavy atom. The standard InChI is InChI=1S/C25H22N2O3S/c1-2-27(17-19-7-4-3-5-8-19)20-12-10-18(11-13-20)15-23-25(29)26-24(31-23)16-21(28)22-9-6-14-30-22/h3-16H,2,17H2,1H3,(H,26,29)/b23-15-,24-16-. The van der Waals surface area contributed by atoms with E-state index in [2.05, 4.69) is 41.1 Å². The zero-order chi connectivity index (χ0) is 21.6. The third-order valence-corrected chi connectivity index (χ3v) is 5.82. The van der Waals surface area contributed by atoms with Gasteiger partial charge >= 0.3 is 0 Å². The number of ketones is 1. The van der Waals surface area contributed by atoms with Crippen LogP contribution >= 0.6 is 11.3 Å². The fourth-order valence-corrected chi connectivity index (χ4v) is 4.14. The Balaban J connectivity index is 1.55. The van der Waals surface area contributed by atoms with Gasteiger partial charge in [0.2, 0.25) is 5.78 Å². The zero-order valence-electron chi connectivity index (χ0n) is 17.1. The highest BCUT2D eigenvalue weighted by molar-refractivity contribution is 7.07. The molecule has 0 bridgehead atoms. The fourth-order valence-electron chi connectivity index (χ4n) is 3.26. The van der Waals surface area contributed by atoms with Crippen molar-refractivity contribution < 1.29 is 9.21 Å². The van der Waals surface area contributed by atoms with E-state index in [1.54, 1.807) is 12.1 Å². The number of nitrogens with zero attached hydrogens (tertiary/aromatic N) is 1. The minimum absolute atomic E-state index is 0.216. The van der Waals surface area contributed by atoms with Crippen LogP contribution in [0.25, 0.3) is 12.2 Å². The average molecular weight is 431 g/mol. The Kier molecular flexibility index (Phi) is 6.29. The monoisotopic (exact) mass is 430 g/mol. The molecule has 0 amide bonds. The van der Waals surface area contributed by atoms with Crippen LogP contribution in [0.1, 0.15) is 28.6 Å². The quantitative estimate of drug-likeness (QED) is 0.456. The van der Waals surface area contributed by atoms with E-state index in [1.165, 1.54) is 29.2 Å². The van der Waals surface area contributed by atoms with Crippen molar-refractivity contribution in [1.82, 2.24) is 4.98 Å². The van der Waals surface area contributed by atoms with Crippen molar-refractivity contribution >= 4 is 35.0 Å². The molecule has 0 saturated carbocycles. The van der Waals surface area contributed by atoms with Gasteiger partial charge in [0.15, 0.2) is 5.76 Å². The molecule has 4 aromatic rings. The molecule has 2 heterocycles. The number of rotatable bonds is 7. The second kappa shape index (κ2) is 9.45. The maximum absolute atomic E-state index is 12.3. The Morgan fingerprint density at radius 3 is 2.52 bits per heavy atom. The molecule has 0 saturated heterocycles. The van der Waals surface area contributed by atoms with Gasteiger partial charge in [-0.25, -0.2) is 0 Å². The van der Waals surface area contributed by atoms with Crippen LogP contribution in [0.4, 0.5) is 5.69 Å². The molecule has 0 aliphatic carbocycles. The third-order valence-electron chi connectivity index (χ3n) is 4.86.